The van der Waals surface area contributed by atoms with Gasteiger partial charge in [0.25, 0.3) is 0 Å². The van der Waals surface area contributed by atoms with Gasteiger partial charge in [0, 0.05) is 12.8 Å². The van der Waals surface area contributed by atoms with Gasteiger partial charge in [-0.3, -0.25) is 0 Å². The minimum Gasteiger partial charge on any atom is -0.450 e. The smallest absolute Gasteiger partial charge is 0.450 e. The number of hydrogen-bond donors (Lipinski definition) is 1. The van der Waals surface area contributed by atoms with Crippen LogP contribution in [0.5, 0.6) is 0 Å². The van der Waals surface area contributed by atoms with E-state index >= 15 is 0 Å². The molecule has 7 nitrogen and oxygen atoms in total. The number of nitrogens with zero attached hydrogens (tertiary/aromatic N) is 3. The van der Waals surface area contributed by atoms with E-state index in [4.69, 9.17) is 9.84 Å². The molecule has 2 heterocycles. The Morgan fingerprint density at radius 1 is 1.39 bits per heavy atom. The average Bonchev–Trinajstić information content (AvgIpc) is 2.84. The fraction of sp³-hybridized carbons (Fsp3) is 0.400. The summed E-state index contributed by atoms with van der Waals surface area (Å²) in [4.78, 5) is 23.1. The molecule has 3 rings (SSSR count). The van der Waals surface area contributed by atoms with Crippen molar-refractivity contribution in [3.05, 3.63) is 52.0 Å². The molecule has 1 atom stereocenters. The van der Waals surface area contributed by atoms with E-state index in [1.807, 2.05) is 0 Å². The number of carbonyl (C=O) groups is 1. The lowest BCUT2D eigenvalue weighted by atomic mass is 10.1. The second-order valence-corrected chi connectivity index (χ2v) is 5.40. The number of ether oxygens (including phenoxy) is 1. The molecular weight excluding hydrogens is 305 g/mol. The van der Waals surface area contributed by atoms with Crippen molar-refractivity contribution in [2.24, 2.45) is 0 Å². The first-order chi connectivity index (χ1) is 11.0. The van der Waals surface area contributed by atoms with Gasteiger partial charge < -0.3 is 9.84 Å². The summed E-state index contributed by atoms with van der Waals surface area (Å²) >= 11 is 0. The summed E-state index contributed by atoms with van der Waals surface area (Å²) in [6.45, 7) is 0.338. The van der Waals surface area contributed by atoms with Gasteiger partial charge in [-0.05, 0) is 30.5 Å². The number of aromatic nitrogens is 3. The van der Waals surface area contributed by atoms with Crippen molar-refractivity contribution in [1.82, 2.24) is 14.3 Å². The molecule has 0 saturated carbocycles. The first-order valence-electron chi connectivity index (χ1n) is 7.37. The van der Waals surface area contributed by atoms with Crippen LogP contribution < -0.4 is 5.69 Å². The molecule has 122 valence electrons. The second kappa shape index (κ2) is 6.23. The molecule has 0 unspecified atom stereocenters. The summed E-state index contributed by atoms with van der Waals surface area (Å²) in [6, 6.07) is 6.06. The highest BCUT2D eigenvalue weighted by Crippen LogP contribution is 2.22. The van der Waals surface area contributed by atoms with E-state index in [9.17, 15) is 14.0 Å². The standard InChI is InChI=1S/C15H16FN3O4/c16-11-6-4-10(5-7-11)8-9-18-14(20)19-12(17-18)2-1-3-13(19)23-15(21)22/h4-7,13H,1-3,8-9H2,(H,21,22)/t13-/m0/s1. The molecule has 0 radical (unpaired) electrons. The predicted octanol–water partition coefficient (Wildman–Crippen LogP) is 1.96. The summed E-state index contributed by atoms with van der Waals surface area (Å²) in [5.41, 5.74) is 0.510. The molecule has 0 spiro atoms. The van der Waals surface area contributed by atoms with Crippen molar-refractivity contribution < 1.29 is 19.0 Å². The molecular formula is C15H16FN3O4. The third kappa shape index (κ3) is 3.25. The molecule has 0 saturated heterocycles. The number of aryl methyl sites for hydroxylation is 3. The van der Waals surface area contributed by atoms with Gasteiger partial charge >= 0.3 is 11.8 Å². The van der Waals surface area contributed by atoms with Crippen LogP contribution in [0.2, 0.25) is 0 Å². The Morgan fingerprint density at radius 2 is 2.13 bits per heavy atom. The van der Waals surface area contributed by atoms with Gasteiger partial charge in [-0.1, -0.05) is 12.1 Å². The van der Waals surface area contributed by atoms with Crippen LogP contribution in [0.25, 0.3) is 0 Å². The largest absolute Gasteiger partial charge is 0.507 e. The molecule has 0 bridgehead atoms. The fourth-order valence-corrected chi connectivity index (χ4v) is 2.75. The van der Waals surface area contributed by atoms with Crippen LogP contribution in [0.1, 0.15) is 30.5 Å². The fourth-order valence-electron chi connectivity index (χ4n) is 2.75. The Kier molecular flexibility index (Phi) is 4.14. The van der Waals surface area contributed by atoms with Crippen LogP contribution in [0.4, 0.5) is 9.18 Å². The van der Waals surface area contributed by atoms with Crippen molar-refractivity contribution in [1.29, 1.82) is 0 Å². The molecule has 1 aliphatic heterocycles. The lowest BCUT2D eigenvalue weighted by molar-refractivity contribution is 0.00391. The van der Waals surface area contributed by atoms with E-state index < -0.39 is 12.4 Å². The molecule has 1 N–H and O–H groups in total. The number of hydrogen-bond acceptors (Lipinski definition) is 4. The van der Waals surface area contributed by atoms with Gasteiger partial charge in [0.2, 0.25) is 0 Å². The zero-order chi connectivity index (χ0) is 16.4. The number of benzene rings is 1. The zero-order valence-electron chi connectivity index (χ0n) is 12.3. The van der Waals surface area contributed by atoms with E-state index in [0.29, 0.717) is 38.1 Å². The van der Waals surface area contributed by atoms with Crippen LogP contribution in [0.3, 0.4) is 0 Å². The monoisotopic (exact) mass is 321 g/mol. The van der Waals surface area contributed by atoms with Crippen LogP contribution in [0, 0.1) is 5.82 Å². The lowest BCUT2D eigenvalue weighted by Crippen LogP contribution is -2.33. The maximum absolute atomic E-state index is 12.9. The van der Waals surface area contributed by atoms with Gasteiger partial charge in [-0.2, -0.15) is 5.10 Å². The van der Waals surface area contributed by atoms with Crippen molar-refractivity contribution in [3.63, 3.8) is 0 Å². The van der Waals surface area contributed by atoms with Crippen molar-refractivity contribution in [2.75, 3.05) is 0 Å². The van der Waals surface area contributed by atoms with Crippen LogP contribution in [-0.2, 0) is 24.1 Å². The minimum atomic E-state index is -1.41. The third-order valence-electron chi connectivity index (χ3n) is 3.84. The van der Waals surface area contributed by atoms with Crippen LogP contribution in [0.15, 0.2) is 29.1 Å². The number of rotatable bonds is 4. The summed E-state index contributed by atoms with van der Waals surface area (Å²) in [5, 5.41) is 13.0. The average molecular weight is 321 g/mol. The number of carboxylic acid groups (broad SMARTS) is 1. The Balaban J connectivity index is 1.79. The molecule has 23 heavy (non-hydrogen) atoms. The van der Waals surface area contributed by atoms with Gasteiger partial charge in [-0.15, -0.1) is 0 Å². The second-order valence-electron chi connectivity index (χ2n) is 5.40. The van der Waals surface area contributed by atoms with E-state index in [1.165, 1.54) is 21.4 Å². The van der Waals surface area contributed by atoms with Crippen molar-refractivity contribution in [2.45, 2.75) is 38.5 Å². The highest BCUT2D eigenvalue weighted by Gasteiger charge is 2.27. The zero-order valence-corrected chi connectivity index (χ0v) is 12.3. The normalized spacial score (nSPS) is 16.8. The highest BCUT2D eigenvalue weighted by molar-refractivity contribution is 5.56. The Morgan fingerprint density at radius 3 is 2.83 bits per heavy atom. The van der Waals surface area contributed by atoms with Crippen molar-refractivity contribution in [3.8, 4) is 0 Å². The van der Waals surface area contributed by atoms with Gasteiger partial charge in [0.1, 0.15) is 11.6 Å². The van der Waals surface area contributed by atoms with E-state index in [1.54, 1.807) is 12.1 Å². The Hall–Kier alpha value is -2.64. The molecule has 0 amide bonds. The Labute approximate surface area is 130 Å². The minimum absolute atomic E-state index is 0.308. The lowest BCUT2D eigenvalue weighted by Gasteiger charge is -2.21. The number of fused-ring (bicyclic) bond motifs is 1. The van der Waals surface area contributed by atoms with Gasteiger partial charge in [0.15, 0.2) is 6.23 Å². The van der Waals surface area contributed by atoms with Gasteiger partial charge in [0.05, 0.1) is 6.54 Å². The first-order valence-corrected chi connectivity index (χ1v) is 7.37. The third-order valence-corrected chi connectivity index (χ3v) is 3.84. The van der Waals surface area contributed by atoms with Crippen molar-refractivity contribution >= 4 is 6.16 Å². The number of halogens is 1. The Bertz CT molecular complexity index is 766. The summed E-state index contributed by atoms with van der Waals surface area (Å²) < 4.78 is 20.3. The molecule has 1 aromatic carbocycles. The molecule has 2 aromatic rings. The van der Waals surface area contributed by atoms with E-state index in [2.05, 4.69) is 5.10 Å². The summed E-state index contributed by atoms with van der Waals surface area (Å²) in [7, 11) is 0. The molecule has 1 aromatic heterocycles. The molecule has 8 heteroatoms. The SMILES string of the molecule is O=C(O)O[C@H]1CCCc2nn(CCc3ccc(F)cc3)c(=O)n21. The molecule has 1 aliphatic rings. The van der Waals surface area contributed by atoms with Crippen LogP contribution in [-0.4, -0.2) is 25.6 Å². The van der Waals surface area contributed by atoms with E-state index in [0.717, 1.165) is 5.56 Å². The maximum Gasteiger partial charge on any atom is 0.507 e. The maximum atomic E-state index is 12.9. The summed E-state index contributed by atoms with van der Waals surface area (Å²) in [6.07, 6.45) is 0.0892. The van der Waals surface area contributed by atoms with Gasteiger partial charge in [-0.25, -0.2) is 23.2 Å². The topological polar surface area (TPSA) is 86.3 Å². The first kappa shape index (κ1) is 15.3. The summed E-state index contributed by atoms with van der Waals surface area (Å²) in [5.74, 6) is 0.226. The molecule has 0 aliphatic carbocycles. The van der Waals surface area contributed by atoms with E-state index in [-0.39, 0.29) is 11.5 Å². The highest BCUT2D eigenvalue weighted by atomic mass is 19.1. The van der Waals surface area contributed by atoms with Crippen LogP contribution >= 0.6 is 0 Å². The quantitative estimate of drug-likeness (QED) is 0.870. The molecule has 0 fully saturated rings. The predicted molar refractivity (Wildman–Crippen MR) is 77.7 cm³/mol.